The minimum absolute atomic E-state index is 0.0178. The molecule has 0 saturated carbocycles. The number of carbonyl (C=O) groups excluding carboxylic acids is 1. The van der Waals surface area contributed by atoms with E-state index in [1.807, 2.05) is 13.0 Å². The van der Waals surface area contributed by atoms with Crippen molar-refractivity contribution in [2.45, 2.75) is 6.92 Å². The van der Waals surface area contributed by atoms with Crippen LogP contribution in [-0.4, -0.2) is 19.6 Å². The molecule has 5 nitrogen and oxygen atoms in total. The lowest BCUT2D eigenvalue weighted by Crippen LogP contribution is -2.13. The zero-order valence-electron chi connectivity index (χ0n) is 14.2. The number of anilines is 1. The van der Waals surface area contributed by atoms with E-state index in [1.165, 1.54) is 6.08 Å². The Balaban J connectivity index is 2.27. The summed E-state index contributed by atoms with van der Waals surface area (Å²) >= 11 is 6.87. The largest absolute Gasteiger partial charge is 0.497 e. The molecule has 0 spiro atoms. The fourth-order valence-corrected chi connectivity index (χ4v) is 3.61. The summed E-state index contributed by atoms with van der Waals surface area (Å²) in [7, 11) is 1.54. The summed E-state index contributed by atoms with van der Waals surface area (Å²) < 4.78 is 12.1. The van der Waals surface area contributed by atoms with Gasteiger partial charge in [-0.15, -0.1) is 0 Å². The van der Waals surface area contributed by atoms with Gasteiger partial charge in [-0.25, -0.2) is 0 Å². The fraction of sp³-hybridized carbons (Fsp3) is 0.158. The molecule has 0 aliphatic rings. The van der Waals surface area contributed by atoms with Gasteiger partial charge in [0.2, 0.25) is 0 Å². The van der Waals surface area contributed by atoms with Crippen molar-refractivity contribution in [3.05, 3.63) is 56.5 Å². The van der Waals surface area contributed by atoms with Gasteiger partial charge in [-0.1, -0.05) is 6.07 Å². The Morgan fingerprint density at radius 3 is 2.54 bits per heavy atom. The van der Waals surface area contributed by atoms with Crippen LogP contribution in [-0.2, 0) is 4.79 Å². The number of hydrogen-bond acceptors (Lipinski definition) is 4. The molecular weight excluding hydrogens is 464 g/mol. The highest BCUT2D eigenvalue weighted by Gasteiger charge is 2.12. The number of nitriles is 1. The van der Waals surface area contributed by atoms with Gasteiger partial charge in [-0.2, -0.15) is 5.26 Å². The van der Waals surface area contributed by atoms with Crippen LogP contribution in [0.1, 0.15) is 12.5 Å². The zero-order valence-corrected chi connectivity index (χ0v) is 17.3. The molecule has 0 saturated heterocycles. The Morgan fingerprint density at radius 2 is 1.96 bits per heavy atom. The topological polar surface area (TPSA) is 71.3 Å². The molecule has 0 atom stereocenters. The van der Waals surface area contributed by atoms with Gasteiger partial charge in [0, 0.05) is 11.8 Å². The second kappa shape index (κ2) is 9.41. The SMILES string of the molecule is CCOc1c(Br)cc(/C=C(\C#N)C(=O)Nc2cccc(OC)c2)cc1Br. The Labute approximate surface area is 168 Å². The van der Waals surface area contributed by atoms with Crippen molar-refractivity contribution < 1.29 is 14.3 Å². The van der Waals surface area contributed by atoms with Crippen LogP contribution in [0.4, 0.5) is 5.69 Å². The van der Waals surface area contributed by atoms with Crippen LogP contribution in [0.3, 0.4) is 0 Å². The normalized spacial score (nSPS) is 10.8. The summed E-state index contributed by atoms with van der Waals surface area (Å²) in [5, 5.41) is 12.1. The lowest BCUT2D eigenvalue weighted by molar-refractivity contribution is -0.112. The molecule has 26 heavy (non-hydrogen) atoms. The Hall–Kier alpha value is -2.30. The molecule has 2 aromatic carbocycles. The van der Waals surface area contributed by atoms with E-state index in [0.29, 0.717) is 29.4 Å². The number of rotatable bonds is 6. The van der Waals surface area contributed by atoms with Crippen LogP contribution in [0.5, 0.6) is 11.5 Å². The molecule has 0 unspecified atom stereocenters. The molecule has 0 heterocycles. The van der Waals surface area contributed by atoms with Gasteiger partial charge in [0.1, 0.15) is 23.1 Å². The number of carbonyl (C=O) groups is 1. The Bertz CT molecular complexity index is 866. The van der Waals surface area contributed by atoms with Crippen molar-refractivity contribution in [3.8, 4) is 17.6 Å². The first kappa shape index (κ1) is 20.0. The van der Waals surface area contributed by atoms with Crippen molar-refractivity contribution in [3.63, 3.8) is 0 Å². The molecule has 0 radical (unpaired) electrons. The van der Waals surface area contributed by atoms with Crippen LogP contribution in [0, 0.1) is 11.3 Å². The zero-order chi connectivity index (χ0) is 19.1. The molecule has 0 aliphatic carbocycles. The van der Waals surface area contributed by atoms with E-state index in [4.69, 9.17) is 9.47 Å². The lowest BCUT2D eigenvalue weighted by atomic mass is 10.1. The molecule has 2 rings (SSSR count). The number of hydrogen-bond donors (Lipinski definition) is 1. The van der Waals surface area contributed by atoms with Gasteiger partial charge in [0.15, 0.2) is 0 Å². The van der Waals surface area contributed by atoms with Gasteiger partial charge in [-0.05, 0) is 74.7 Å². The fourth-order valence-electron chi connectivity index (χ4n) is 2.16. The average Bonchev–Trinajstić information content (AvgIpc) is 2.62. The molecule has 7 heteroatoms. The summed E-state index contributed by atoms with van der Waals surface area (Å²) in [5.41, 5.74) is 1.21. The average molecular weight is 480 g/mol. The van der Waals surface area contributed by atoms with E-state index in [-0.39, 0.29) is 5.57 Å². The quantitative estimate of drug-likeness (QED) is 0.458. The number of nitrogens with one attached hydrogen (secondary N) is 1. The summed E-state index contributed by atoms with van der Waals surface area (Å²) in [5.74, 6) is 0.788. The molecule has 0 aromatic heterocycles. The molecule has 0 aliphatic heterocycles. The maximum Gasteiger partial charge on any atom is 0.266 e. The highest BCUT2D eigenvalue weighted by Crippen LogP contribution is 2.35. The van der Waals surface area contributed by atoms with Gasteiger partial charge < -0.3 is 14.8 Å². The lowest BCUT2D eigenvalue weighted by Gasteiger charge is -2.10. The molecule has 2 aromatic rings. The summed E-state index contributed by atoms with van der Waals surface area (Å²) in [4.78, 5) is 12.4. The monoisotopic (exact) mass is 478 g/mol. The third kappa shape index (κ3) is 5.10. The predicted octanol–water partition coefficient (Wildman–Crippen LogP) is 5.16. The third-order valence-electron chi connectivity index (χ3n) is 3.31. The van der Waals surface area contributed by atoms with Gasteiger partial charge in [0.05, 0.1) is 22.7 Å². The summed E-state index contributed by atoms with van der Waals surface area (Å²) in [6.07, 6.45) is 1.51. The number of benzene rings is 2. The summed E-state index contributed by atoms with van der Waals surface area (Å²) in [6.45, 7) is 2.42. The van der Waals surface area contributed by atoms with E-state index >= 15 is 0 Å². The van der Waals surface area contributed by atoms with Crippen molar-refractivity contribution >= 4 is 49.5 Å². The van der Waals surface area contributed by atoms with E-state index in [2.05, 4.69) is 37.2 Å². The second-order valence-corrected chi connectivity index (χ2v) is 6.81. The van der Waals surface area contributed by atoms with Gasteiger partial charge >= 0.3 is 0 Å². The van der Waals surface area contributed by atoms with E-state index < -0.39 is 5.91 Å². The number of amides is 1. The van der Waals surface area contributed by atoms with Crippen molar-refractivity contribution in [2.24, 2.45) is 0 Å². The van der Waals surface area contributed by atoms with Crippen LogP contribution in [0.25, 0.3) is 6.08 Å². The molecule has 1 N–H and O–H groups in total. The Morgan fingerprint density at radius 1 is 1.27 bits per heavy atom. The molecular formula is C19H16Br2N2O3. The van der Waals surface area contributed by atoms with Crippen molar-refractivity contribution in [1.29, 1.82) is 5.26 Å². The van der Waals surface area contributed by atoms with Gasteiger partial charge in [-0.3, -0.25) is 4.79 Å². The molecule has 0 bridgehead atoms. The number of methoxy groups -OCH3 is 1. The van der Waals surface area contributed by atoms with Crippen molar-refractivity contribution in [2.75, 3.05) is 19.0 Å². The van der Waals surface area contributed by atoms with Crippen molar-refractivity contribution in [1.82, 2.24) is 0 Å². The van der Waals surface area contributed by atoms with Crippen LogP contribution < -0.4 is 14.8 Å². The highest BCUT2D eigenvalue weighted by molar-refractivity contribution is 9.11. The standard InChI is InChI=1S/C19H16Br2N2O3/c1-3-26-18-16(20)8-12(9-17(18)21)7-13(11-22)19(24)23-14-5-4-6-15(10-14)25-2/h4-10H,3H2,1-2H3,(H,23,24)/b13-7+. The number of ether oxygens (including phenoxy) is 2. The second-order valence-electron chi connectivity index (χ2n) is 5.10. The van der Waals surface area contributed by atoms with E-state index in [9.17, 15) is 10.1 Å². The molecule has 1 amide bonds. The first-order chi connectivity index (χ1) is 12.5. The predicted molar refractivity (Wildman–Crippen MR) is 108 cm³/mol. The van der Waals surface area contributed by atoms with Crippen LogP contribution in [0.2, 0.25) is 0 Å². The smallest absolute Gasteiger partial charge is 0.266 e. The Kier molecular flexibility index (Phi) is 7.25. The maximum atomic E-state index is 12.4. The molecule has 134 valence electrons. The third-order valence-corrected chi connectivity index (χ3v) is 4.49. The van der Waals surface area contributed by atoms with Crippen LogP contribution in [0.15, 0.2) is 50.9 Å². The minimum atomic E-state index is -0.498. The van der Waals surface area contributed by atoms with E-state index in [0.717, 1.165) is 8.95 Å². The summed E-state index contributed by atoms with van der Waals surface area (Å²) in [6, 6.07) is 12.4. The number of nitrogens with zero attached hydrogens (tertiary/aromatic N) is 1. The first-order valence-electron chi connectivity index (χ1n) is 7.67. The van der Waals surface area contributed by atoms with Gasteiger partial charge in [0.25, 0.3) is 5.91 Å². The maximum absolute atomic E-state index is 12.4. The van der Waals surface area contributed by atoms with E-state index in [1.54, 1.807) is 43.5 Å². The number of halogens is 2. The minimum Gasteiger partial charge on any atom is -0.497 e. The first-order valence-corrected chi connectivity index (χ1v) is 9.26. The van der Waals surface area contributed by atoms with Crippen LogP contribution >= 0.6 is 31.9 Å². The molecule has 0 fully saturated rings. The highest BCUT2D eigenvalue weighted by atomic mass is 79.9.